The van der Waals surface area contributed by atoms with E-state index in [0.717, 1.165) is 11.3 Å². The molecule has 21 heavy (non-hydrogen) atoms. The van der Waals surface area contributed by atoms with Crippen LogP contribution in [-0.2, 0) is 6.54 Å². The van der Waals surface area contributed by atoms with Crippen molar-refractivity contribution in [1.82, 2.24) is 10.6 Å². The molecule has 3 N–H and O–H groups in total. The Labute approximate surface area is 129 Å². The smallest absolute Gasteiger partial charge is 0.251 e. The van der Waals surface area contributed by atoms with Gasteiger partial charge in [0, 0.05) is 24.8 Å². The molecule has 0 fully saturated rings. The maximum Gasteiger partial charge on any atom is 0.251 e. The third kappa shape index (κ3) is 4.57. The van der Waals surface area contributed by atoms with Gasteiger partial charge >= 0.3 is 0 Å². The molecule has 0 aromatic heterocycles. The lowest BCUT2D eigenvalue weighted by molar-refractivity contribution is 0.0963. The van der Waals surface area contributed by atoms with Gasteiger partial charge in [0.25, 0.3) is 5.91 Å². The van der Waals surface area contributed by atoms with Crippen LogP contribution in [0.5, 0.6) is 0 Å². The van der Waals surface area contributed by atoms with Gasteiger partial charge in [0.05, 0.1) is 0 Å². The first-order chi connectivity index (χ1) is 10.2. The number of rotatable bonds is 4. The summed E-state index contributed by atoms with van der Waals surface area (Å²) in [6.45, 7) is 0.670. The summed E-state index contributed by atoms with van der Waals surface area (Å²) in [7, 11) is 1.61. The lowest BCUT2D eigenvalue weighted by Crippen LogP contribution is -2.27. The Bertz CT molecular complexity index is 611. The lowest BCUT2D eigenvalue weighted by Gasteiger charge is -2.11. The summed E-state index contributed by atoms with van der Waals surface area (Å²) >= 11 is 5.24. The highest BCUT2D eigenvalue weighted by atomic mass is 32.1. The number of hydrogen-bond donors (Lipinski definition) is 3. The highest BCUT2D eigenvalue weighted by Gasteiger charge is 2.03. The van der Waals surface area contributed by atoms with E-state index in [1.54, 1.807) is 19.2 Å². The summed E-state index contributed by atoms with van der Waals surface area (Å²) in [6.07, 6.45) is 0. The van der Waals surface area contributed by atoms with E-state index in [1.807, 2.05) is 42.5 Å². The average Bonchev–Trinajstić information content (AvgIpc) is 2.54. The third-order valence-corrected chi connectivity index (χ3v) is 3.17. The molecule has 0 spiro atoms. The number of anilines is 1. The quantitative estimate of drug-likeness (QED) is 0.759. The minimum atomic E-state index is -0.105. The SMILES string of the molecule is CNC(=O)c1ccc(NC(=S)NCc2ccccc2)cc1. The van der Waals surface area contributed by atoms with E-state index in [4.69, 9.17) is 12.2 Å². The maximum atomic E-state index is 11.4. The molecule has 0 radical (unpaired) electrons. The molecule has 0 saturated carbocycles. The van der Waals surface area contributed by atoms with Crippen LogP contribution in [0.1, 0.15) is 15.9 Å². The Morgan fingerprint density at radius 2 is 1.71 bits per heavy atom. The first kappa shape index (κ1) is 15.0. The minimum Gasteiger partial charge on any atom is -0.358 e. The number of amides is 1. The van der Waals surface area contributed by atoms with Gasteiger partial charge in [0.15, 0.2) is 5.11 Å². The van der Waals surface area contributed by atoms with Crippen LogP contribution in [0.25, 0.3) is 0 Å². The van der Waals surface area contributed by atoms with Gasteiger partial charge in [-0.2, -0.15) is 0 Å². The zero-order chi connectivity index (χ0) is 15.1. The first-order valence-electron chi connectivity index (χ1n) is 6.60. The van der Waals surface area contributed by atoms with Gasteiger partial charge in [-0.05, 0) is 42.0 Å². The van der Waals surface area contributed by atoms with Gasteiger partial charge in [-0.25, -0.2) is 0 Å². The standard InChI is InChI=1S/C16H17N3OS/c1-17-15(20)13-7-9-14(10-8-13)19-16(21)18-11-12-5-3-2-4-6-12/h2-10H,11H2,1H3,(H,17,20)(H2,18,19,21). The summed E-state index contributed by atoms with van der Waals surface area (Å²) in [6, 6.07) is 17.2. The first-order valence-corrected chi connectivity index (χ1v) is 7.01. The number of carbonyl (C=O) groups is 1. The largest absolute Gasteiger partial charge is 0.358 e. The maximum absolute atomic E-state index is 11.4. The molecule has 0 aliphatic carbocycles. The predicted molar refractivity (Wildman–Crippen MR) is 89.3 cm³/mol. The summed E-state index contributed by atoms with van der Waals surface area (Å²) < 4.78 is 0. The number of carbonyl (C=O) groups excluding carboxylic acids is 1. The van der Waals surface area contributed by atoms with E-state index in [9.17, 15) is 4.79 Å². The highest BCUT2D eigenvalue weighted by molar-refractivity contribution is 7.80. The van der Waals surface area contributed by atoms with Gasteiger partial charge < -0.3 is 16.0 Å². The highest BCUT2D eigenvalue weighted by Crippen LogP contribution is 2.09. The van der Waals surface area contributed by atoms with E-state index < -0.39 is 0 Å². The normalized spacial score (nSPS) is 9.76. The molecule has 1 amide bonds. The van der Waals surface area contributed by atoms with Crippen molar-refractivity contribution >= 4 is 28.9 Å². The molecule has 4 nitrogen and oxygen atoms in total. The summed E-state index contributed by atoms with van der Waals surface area (Å²) in [4.78, 5) is 11.4. The molecule has 0 saturated heterocycles. The molecule has 0 aliphatic heterocycles. The van der Waals surface area contributed by atoms with Crippen molar-refractivity contribution in [3.63, 3.8) is 0 Å². The van der Waals surface area contributed by atoms with Crippen molar-refractivity contribution < 1.29 is 4.79 Å². The van der Waals surface area contributed by atoms with Gasteiger partial charge in [-0.1, -0.05) is 30.3 Å². The third-order valence-electron chi connectivity index (χ3n) is 2.93. The van der Waals surface area contributed by atoms with Gasteiger partial charge in [0.1, 0.15) is 0 Å². The van der Waals surface area contributed by atoms with Crippen molar-refractivity contribution in [1.29, 1.82) is 0 Å². The Morgan fingerprint density at radius 1 is 1.05 bits per heavy atom. The van der Waals surface area contributed by atoms with E-state index >= 15 is 0 Å². The van der Waals surface area contributed by atoms with Crippen molar-refractivity contribution in [2.24, 2.45) is 0 Å². The van der Waals surface area contributed by atoms with Crippen molar-refractivity contribution in [2.45, 2.75) is 6.54 Å². The second-order valence-electron chi connectivity index (χ2n) is 4.45. The van der Waals surface area contributed by atoms with Crippen LogP contribution in [0.2, 0.25) is 0 Å². The van der Waals surface area contributed by atoms with Gasteiger partial charge in [-0.15, -0.1) is 0 Å². The zero-order valence-corrected chi connectivity index (χ0v) is 12.5. The second-order valence-corrected chi connectivity index (χ2v) is 4.86. The van der Waals surface area contributed by atoms with E-state index in [-0.39, 0.29) is 5.91 Å². The number of nitrogens with one attached hydrogen (secondary N) is 3. The van der Waals surface area contributed by atoms with E-state index in [0.29, 0.717) is 17.2 Å². The Morgan fingerprint density at radius 3 is 2.33 bits per heavy atom. The number of hydrogen-bond acceptors (Lipinski definition) is 2. The molecule has 2 rings (SSSR count). The van der Waals surface area contributed by atoms with Crippen LogP contribution >= 0.6 is 12.2 Å². The Hall–Kier alpha value is -2.40. The molecule has 2 aromatic rings. The van der Waals surface area contributed by atoms with Gasteiger partial charge in [0.2, 0.25) is 0 Å². The molecule has 0 bridgehead atoms. The monoisotopic (exact) mass is 299 g/mol. The average molecular weight is 299 g/mol. The number of thiocarbonyl (C=S) groups is 1. The fourth-order valence-electron chi connectivity index (χ4n) is 1.80. The molecule has 2 aromatic carbocycles. The van der Waals surface area contributed by atoms with Crippen LogP contribution in [-0.4, -0.2) is 18.1 Å². The van der Waals surface area contributed by atoms with Gasteiger partial charge in [-0.3, -0.25) is 4.79 Å². The lowest BCUT2D eigenvalue weighted by atomic mass is 10.2. The fourth-order valence-corrected chi connectivity index (χ4v) is 1.99. The molecule has 0 unspecified atom stereocenters. The van der Waals surface area contributed by atoms with Crippen molar-refractivity contribution in [3.05, 3.63) is 65.7 Å². The topological polar surface area (TPSA) is 53.2 Å². The molecule has 0 aliphatic rings. The summed E-state index contributed by atoms with van der Waals surface area (Å²) in [5.74, 6) is -0.105. The molecular formula is C16H17N3OS. The molecule has 108 valence electrons. The van der Waals surface area contributed by atoms with Crippen LogP contribution in [0.15, 0.2) is 54.6 Å². The van der Waals surface area contributed by atoms with Crippen LogP contribution in [0, 0.1) is 0 Å². The summed E-state index contributed by atoms with van der Waals surface area (Å²) in [5.41, 5.74) is 2.62. The molecule has 0 atom stereocenters. The zero-order valence-electron chi connectivity index (χ0n) is 11.7. The van der Waals surface area contributed by atoms with Crippen LogP contribution < -0.4 is 16.0 Å². The van der Waals surface area contributed by atoms with Crippen molar-refractivity contribution in [2.75, 3.05) is 12.4 Å². The fraction of sp³-hybridized carbons (Fsp3) is 0.125. The molecule has 5 heteroatoms. The Balaban J connectivity index is 1.86. The van der Waals surface area contributed by atoms with E-state index in [2.05, 4.69) is 16.0 Å². The number of benzene rings is 2. The predicted octanol–water partition coefficient (Wildman–Crippen LogP) is 2.53. The summed E-state index contributed by atoms with van der Waals surface area (Å²) in [5, 5.41) is 9.35. The second kappa shape index (κ2) is 7.40. The minimum absolute atomic E-state index is 0.105. The molecule has 0 heterocycles. The van der Waals surface area contributed by atoms with E-state index in [1.165, 1.54) is 0 Å². The molecular weight excluding hydrogens is 282 g/mol. The van der Waals surface area contributed by atoms with Crippen LogP contribution in [0.3, 0.4) is 0 Å². The van der Waals surface area contributed by atoms with Crippen LogP contribution in [0.4, 0.5) is 5.69 Å². The Kier molecular flexibility index (Phi) is 5.29. The van der Waals surface area contributed by atoms with Crippen molar-refractivity contribution in [3.8, 4) is 0 Å².